The monoisotopic (exact) mass is 632 g/mol. The summed E-state index contributed by atoms with van der Waals surface area (Å²) in [6.45, 7) is 1.21. The summed E-state index contributed by atoms with van der Waals surface area (Å²) in [5.41, 5.74) is 6.21. The zero-order valence-electron chi connectivity index (χ0n) is 25.2. The Bertz CT molecular complexity index is 1200. The van der Waals surface area contributed by atoms with Crippen molar-refractivity contribution >= 4 is 35.6 Å². The normalized spacial score (nSPS) is 19.7. The number of hydrogen-bond acceptors (Lipinski definition) is 9. The van der Waals surface area contributed by atoms with Gasteiger partial charge in [-0.15, -0.1) is 0 Å². The van der Waals surface area contributed by atoms with Crippen LogP contribution < -0.4 is 27.0 Å². The van der Waals surface area contributed by atoms with E-state index in [2.05, 4.69) is 21.3 Å². The number of carboxylic acid groups (broad SMARTS) is 2. The maximum absolute atomic E-state index is 13.8. The molecule has 248 valence electrons. The molecule has 9 N–H and O–H groups in total. The van der Waals surface area contributed by atoms with Gasteiger partial charge in [-0.1, -0.05) is 12.1 Å². The number of carbonyl (C=O) groups is 6. The molecule has 15 nitrogen and oxygen atoms in total. The lowest BCUT2D eigenvalue weighted by molar-refractivity contribution is -0.145. The number of nitrogens with zero attached hydrogens (tertiary/aromatic N) is 1. The first-order valence-electron chi connectivity index (χ1n) is 15.4. The third-order valence-electron chi connectivity index (χ3n) is 8.05. The topological polar surface area (TPSA) is 240 Å². The lowest BCUT2D eigenvalue weighted by Gasteiger charge is -2.30. The van der Waals surface area contributed by atoms with Gasteiger partial charge in [0.15, 0.2) is 0 Å². The van der Waals surface area contributed by atoms with Crippen molar-refractivity contribution in [3.8, 4) is 5.75 Å². The standard InChI is InChI=1S/C30H44N6O9/c31-14-2-1-5-22(34-27(41)21(12-13-25(38)39)33-26(40)20-6-3-15-32-20)29(43)36-16-4-7-24(36)28(42)35-23(30(44)45)17-18-8-10-19(37)11-9-18/h8-11,20-24,32,37H,1-7,12-17,31H2,(H,33,40)(H,34,41)(H,35,42)(H,38,39)(H,44,45)/t20-,21-,22-,23-,24-/m0/s1. The fourth-order valence-corrected chi connectivity index (χ4v) is 5.58. The van der Waals surface area contributed by atoms with Gasteiger partial charge in [0, 0.05) is 19.4 Å². The van der Waals surface area contributed by atoms with Crippen molar-refractivity contribution in [2.24, 2.45) is 5.73 Å². The molecule has 0 aliphatic carbocycles. The van der Waals surface area contributed by atoms with Crippen LogP contribution in [0.3, 0.4) is 0 Å². The van der Waals surface area contributed by atoms with E-state index in [0.29, 0.717) is 44.3 Å². The average molecular weight is 633 g/mol. The highest BCUT2D eigenvalue weighted by molar-refractivity contribution is 5.96. The van der Waals surface area contributed by atoms with Crippen LogP contribution in [0.2, 0.25) is 0 Å². The molecule has 2 aliphatic heterocycles. The van der Waals surface area contributed by atoms with Crippen molar-refractivity contribution in [2.45, 2.75) is 94.4 Å². The molecule has 2 heterocycles. The van der Waals surface area contributed by atoms with Gasteiger partial charge < -0.3 is 47.2 Å². The van der Waals surface area contributed by atoms with Crippen LogP contribution in [0.25, 0.3) is 0 Å². The van der Waals surface area contributed by atoms with Crippen molar-refractivity contribution in [2.75, 3.05) is 19.6 Å². The number of likely N-dealkylation sites (tertiary alicyclic amines) is 1. The first-order valence-corrected chi connectivity index (χ1v) is 15.4. The van der Waals surface area contributed by atoms with Crippen LogP contribution in [0.5, 0.6) is 5.75 Å². The molecular formula is C30H44N6O9. The molecule has 2 saturated heterocycles. The fourth-order valence-electron chi connectivity index (χ4n) is 5.58. The highest BCUT2D eigenvalue weighted by Crippen LogP contribution is 2.21. The van der Waals surface area contributed by atoms with Crippen LogP contribution in [-0.2, 0) is 35.2 Å². The Hall–Kier alpha value is -4.24. The second-order valence-corrected chi connectivity index (χ2v) is 11.4. The van der Waals surface area contributed by atoms with Gasteiger partial charge in [0.05, 0.1) is 6.04 Å². The van der Waals surface area contributed by atoms with Crippen molar-refractivity contribution < 1.29 is 44.1 Å². The molecule has 0 unspecified atom stereocenters. The zero-order chi connectivity index (χ0) is 32.9. The number of aliphatic carboxylic acids is 2. The van der Waals surface area contributed by atoms with Crippen LogP contribution >= 0.6 is 0 Å². The van der Waals surface area contributed by atoms with Gasteiger partial charge in [-0.05, 0) is 82.2 Å². The minimum atomic E-state index is -1.28. The van der Waals surface area contributed by atoms with E-state index in [9.17, 15) is 44.1 Å². The quantitative estimate of drug-likeness (QED) is 0.0990. The number of amides is 4. The first-order chi connectivity index (χ1) is 21.5. The Morgan fingerprint density at radius 2 is 1.60 bits per heavy atom. The number of phenols is 1. The highest BCUT2D eigenvalue weighted by atomic mass is 16.4. The largest absolute Gasteiger partial charge is 0.508 e. The highest BCUT2D eigenvalue weighted by Gasteiger charge is 2.39. The van der Waals surface area contributed by atoms with Crippen molar-refractivity contribution in [3.05, 3.63) is 29.8 Å². The zero-order valence-corrected chi connectivity index (χ0v) is 25.2. The van der Waals surface area contributed by atoms with Gasteiger partial charge in [0.25, 0.3) is 0 Å². The summed E-state index contributed by atoms with van der Waals surface area (Å²) >= 11 is 0. The number of hydrogen-bond donors (Lipinski definition) is 8. The van der Waals surface area contributed by atoms with E-state index in [-0.39, 0.29) is 44.4 Å². The molecule has 0 spiro atoms. The Morgan fingerprint density at radius 3 is 2.22 bits per heavy atom. The lowest BCUT2D eigenvalue weighted by atomic mass is 10.0. The van der Waals surface area contributed by atoms with Crippen molar-refractivity contribution in [1.29, 1.82) is 0 Å². The molecule has 0 saturated carbocycles. The summed E-state index contributed by atoms with van der Waals surface area (Å²) in [7, 11) is 0. The Labute approximate surface area is 261 Å². The minimum Gasteiger partial charge on any atom is -0.508 e. The van der Waals surface area contributed by atoms with Crippen LogP contribution in [0.15, 0.2) is 24.3 Å². The smallest absolute Gasteiger partial charge is 0.326 e. The number of unbranched alkanes of at least 4 members (excludes halogenated alkanes) is 1. The second-order valence-electron chi connectivity index (χ2n) is 11.4. The predicted molar refractivity (Wildman–Crippen MR) is 161 cm³/mol. The van der Waals surface area contributed by atoms with Crippen LogP contribution in [0.1, 0.15) is 63.4 Å². The number of nitrogens with one attached hydrogen (secondary N) is 4. The maximum atomic E-state index is 13.8. The Balaban J connectivity index is 1.72. The van der Waals surface area contributed by atoms with Gasteiger partial charge in [-0.2, -0.15) is 0 Å². The second kappa shape index (κ2) is 17.3. The van der Waals surface area contributed by atoms with Gasteiger partial charge >= 0.3 is 11.9 Å². The molecule has 15 heteroatoms. The summed E-state index contributed by atoms with van der Waals surface area (Å²) in [6.07, 6.45) is 2.76. The minimum absolute atomic E-state index is 0.0179. The number of rotatable bonds is 17. The van der Waals surface area contributed by atoms with Crippen LogP contribution in [0, 0.1) is 0 Å². The van der Waals surface area contributed by atoms with E-state index in [1.807, 2.05) is 0 Å². The Kier molecular flexibility index (Phi) is 13.5. The summed E-state index contributed by atoms with van der Waals surface area (Å²) in [5.74, 6) is -4.72. The SMILES string of the molecule is NCCCC[C@H](NC(=O)[C@H](CCC(=O)O)NC(=O)[C@@H]1CCCN1)C(=O)N1CCC[C@H]1C(=O)N[C@@H](Cc1ccc(O)cc1)C(=O)O. The molecule has 2 fully saturated rings. The molecule has 5 atom stereocenters. The van der Waals surface area contributed by atoms with E-state index < -0.39 is 65.8 Å². The number of nitrogens with two attached hydrogens (primary N) is 1. The van der Waals surface area contributed by atoms with Crippen LogP contribution in [0.4, 0.5) is 0 Å². The van der Waals surface area contributed by atoms with E-state index in [1.165, 1.54) is 17.0 Å². The molecule has 1 aromatic rings. The molecule has 0 aromatic heterocycles. The molecule has 2 aliphatic rings. The maximum Gasteiger partial charge on any atom is 0.326 e. The Morgan fingerprint density at radius 1 is 0.889 bits per heavy atom. The molecule has 3 rings (SSSR count). The summed E-state index contributed by atoms with van der Waals surface area (Å²) in [5, 5.41) is 39.3. The molecule has 1 aromatic carbocycles. The summed E-state index contributed by atoms with van der Waals surface area (Å²) in [6, 6.07) is 0.887. The van der Waals surface area contributed by atoms with Crippen molar-refractivity contribution in [3.63, 3.8) is 0 Å². The third-order valence-corrected chi connectivity index (χ3v) is 8.05. The third kappa shape index (κ3) is 10.7. The van der Waals surface area contributed by atoms with Gasteiger partial charge in [-0.25, -0.2) is 4.79 Å². The fraction of sp³-hybridized carbons (Fsp3) is 0.600. The van der Waals surface area contributed by atoms with Gasteiger partial charge in [0.1, 0.15) is 29.9 Å². The first kappa shape index (κ1) is 35.2. The number of carbonyl (C=O) groups excluding carboxylic acids is 4. The number of benzene rings is 1. The molecule has 0 bridgehead atoms. The molecule has 45 heavy (non-hydrogen) atoms. The van der Waals surface area contributed by atoms with E-state index in [1.54, 1.807) is 12.1 Å². The van der Waals surface area contributed by atoms with E-state index >= 15 is 0 Å². The predicted octanol–water partition coefficient (Wildman–Crippen LogP) is -0.789. The molecule has 4 amide bonds. The lowest BCUT2D eigenvalue weighted by Crippen LogP contribution is -2.58. The summed E-state index contributed by atoms with van der Waals surface area (Å²) < 4.78 is 0. The number of phenolic OH excluding ortho intramolecular Hbond substituents is 1. The number of carboxylic acids is 2. The van der Waals surface area contributed by atoms with E-state index in [0.717, 1.165) is 6.42 Å². The van der Waals surface area contributed by atoms with Crippen LogP contribution in [-0.4, -0.2) is 106 Å². The summed E-state index contributed by atoms with van der Waals surface area (Å²) in [4.78, 5) is 77.8. The molecular weight excluding hydrogens is 588 g/mol. The van der Waals surface area contributed by atoms with Crippen molar-refractivity contribution in [1.82, 2.24) is 26.2 Å². The van der Waals surface area contributed by atoms with Gasteiger partial charge in [0.2, 0.25) is 23.6 Å². The number of aromatic hydroxyl groups is 1. The van der Waals surface area contributed by atoms with Gasteiger partial charge in [-0.3, -0.25) is 24.0 Å². The molecule has 0 radical (unpaired) electrons. The average Bonchev–Trinajstić information content (AvgIpc) is 3.72. The van der Waals surface area contributed by atoms with E-state index in [4.69, 9.17) is 5.73 Å².